The number of amides is 2. The van der Waals surface area contributed by atoms with Gasteiger partial charge in [-0.25, -0.2) is 0 Å². The van der Waals surface area contributed by atoms with Crippen LogP contribution in [-0.2, 0) is 17.8 Å². The van der Waals surface area contributed by atoms with Gasteiger partial charge in [0.05, 0.1) is 6.04 Å². The molecule has 2 amide bonds. The molecule has 2 aromatic carbocycles. The van der Waals surface area contributed by atoms with E-state index in [1.54, 1.807) is 17.0 Å². The molecule has 3 N–H and O–H groups in total. The first-order chi connectivity index (χ1) is 12.5. The van der Waals surface area contributed by atoms with Crippen molar-refractivity contribution in [2.24, 2.45) is 5.73 Å². The number of benzene rings is 2. The molecular weight excluding hydrogens is 362 g/mol. The highest BCUT2D eigenvalue weighted by Crippen LogP contribution is 2.08. The minimum absolute atomic E-state index is 0. The highest BCUT2D eigenvalue weighted by atomic mass is 35.5. The Kier molecular flexibility index (Phi) is 9.54. The van der Waals surface area contributed by atoms with Crippen molar-refractivity contribution in [2.75, 3.05) is 13.1 Å². The van der Waals surface area contributed by atoms with E-state index in [-0.39, 0.29) is 24.2 Å². The maximum Gasteiger partial charge on any atom is 0.253 e. The number of carbonyl (C=O) groups excluding carboxylic acids is 2. The average Bonchev–Trinajstić information content (AvgIpc) is 2.68. The van der Waals surface area contributed by atoms with Gasteiger partial charge in [-0.15, -0.1) is 12.4 Å². The first-order valence-electron chi connectivity index (χ1n) is 9.00. The Morgan fingerprint density at radius 2 is 1.56 bits per heavy atom. The Labute approximate surface area is 167 Å². The number of hydrogen-bond donors (Lipinski definition) is 2. The Balaban J connectivity index is 0.00000364. The van der Waals surface area contributed by atoms with E-state index in [2.05, 4.69) is 5.32 Å². The lowest BCUT2D eigenvalue weighted by Crippen LogP contribution is -2.41. The fraction of sp³-hybridized carbons (Fsp3) is 0.333. The van der Waals surface area contributed by atoms with E-state index in [9.17, 15) is 9.59 Å². The Morgan fingerprint density at radius 1 is 0.963 bits per heavy atom. The van der Waals surface area contributed by atoms with Crippen LogP contribution in [0.2, 0.25) is 0 Å². The molecular formula is C21H28ClN3O2. The predicted molar refractivity (Wildman–Crippen MR) is 111 cm³/mol. The first-order valence-corrected chi connectivity index (χ1v) is 9.00. The molecule has 0 radical (unpaired) electrons. The van der Waals surface area contributed by atoms with Crippen LogP contribution in [0, 0.1) is 0 Å². The van der Waals surface area contributed by atoms with Gasteiger partial charge in [0, 0.05) is 25.2 Å². The van der Waals surface area contributed by atoms with Crippen molar-refractivity contribution < 1.29 is 9.59 Å². The Morgan fingerprint density at radius 3 is 2.11 bits per heavy atom. The van der Waals surface area contributed by atoms with Gasteiger partial charge in [0.1, 0.15) is 0 Å². The zero-order valence-corrected chi connectivity index (χ0v) is 16.7. The molecule has 0 aliphatic rings. The largest absolute Gasteiger partial charge is 0.351 e. The van der Waals surface area contributed by atoms with Crippen molar-refractivity contribution in [1.82, 2.24) is 10.2 Å². The van der Waals surface area contributed by atoms with Crippen LogP contribution in [0.3, 0.4) is 0 Å². The summed E-state index contributed by atoms with van der Waals surface area (Å²) in [7, 11) is 0. The third-order valence-electron chi connectivity index (χ3n) is 4.35. The number of carbonyl (C=O) groups is 2. The van der Waals surface area contributed by atoms with Crippen LogP contribution in [-0.4, -0.2) is 35.8 Å². The summed E-state index contributed by atoms with van der Waals surface area (Å²) in [6.07, 6.45) is 0.504. The molecule has 0 aliphatic heterocycles. The Bertz CT molecular complexity index is 716. The van der Waals surface area contributed by atoms with Gasteiger partial charge in [-0.1, -0.05) is 42.5 Å². The van der Waals surface area contributed by atoms with Crippen molar-refractivity contribution in [3.05, 3.63) is 71.3 Å². The molecule has 0 unspecified atom stereocenters. The van der Waals surface area contributed by atoms with Crippen LogP contribution in [0.25, 0.3) is 0 Å². The molecule has 6 heteroatoms. The minimum atomic E-state index is -0.582. The van der Waals surface area contributed by atoms with Crippen LogP contribution < -0.4 is 11.1 Å². The van der Waals surface area contributed by atoms with Crippen molar-refractivity contribution in [3.63, 3.8) is 0 Å². The van der Waals surface area contributed by atoms with Gasteiger partial charge in [0.2, 0.25) is 5.91 Å². The highest BCUT2D eigenvalue weighted by Gasteiger charge is 2.14. The molecule has 0 saturated heterocycles. The molecule has 27 heavy (non-hydrogen) atoms. The monoisotopic (exact) mass is 389 g/mol. The van der Waals surface area contributed by atoms with E-state index >= 15 is 0 Å². The fourth-order valence-corrected chi connectivity index (χ4v) is 2.74. The zero-order valence-electron chi connectivity index (χ0n) is 15.9. The van der Waals surface area contributed by atoms with Gasteiger partial charge in [0.15, 0.2) is 0 Å². The van der Waals surface area contributed by atoms with Gasteiger partial charge in [-0.3, -0.25) is 9.59 Å². The molecule has 0 saturated carbocycles. The lowest BCUT2D eigenvalue weighted by molar-refractivity contribution is -0.122. The van der Waals surface area contributed by atoms with Crippen LogP contribution in [0.5, 0.6) is 0 Å². The number of halogens is 1. The molecule has 0 fully saturated rings. The summed E-state index contributed by atoms with van der Waals surface area (Å²) in [5.41, 5.74) is 8.60. The van der Waals surface area contributed by atoms with Gasteiger partial charge in [-0.05, 0) is 43.5 Å². The van der Waals surface area contributed by atoms with Crippen LogP contribution in [0.1, 0.15) is 35.3 Å². The summed E-state index contributed by atoms with van der Waals surface area (Å²) in [5, 5.41) is 2.85. The van der Waals surface area contributed by atoms with Crippen molar-refractivity contribution in [2.45, 2.75) is 32.9 Å². The molecule has 0 aliphatic carbocycles. The minimum Gasteiger partial charge on any atom is -0.351 e. The topological polar surface area (TPSA) is 75.4 Å². The first kappa shape index (κ1) is 22.7. The summed E-state index contributed by atoms with van der Waals surface area (Å²) in [6.45, 7) is 5.69. The van der Waals surface area contributed by atoms with E-state index in [0.717, 1.165) is 11.1 Å². The summed E-state index contributed by atoms with van der Waals surface area (Å²) < 4.78 is 0. The third kappa shape index (κ3) is 6.70. The summed E-state index contributed by atoms with van der Waals surface area (Å²) >= 11 is 0. The fourth-order valence-electron chi connectivity index (χ4n) is 2.74. The molecule has 2 aromatic rings. The van der Waals surface area contributed by atoms with Gasteiger partial charge in [0.25, 0.3) is 5.91 Å². The van der Waals surface area contributed by atoms with Gasteiger partial charge in [-0.2, -0.15) is 0 Å². The van der Waals surface area contributed by atoms with E-state index in [0.29, 0.717) is 31.6 Å². The predicted octanol–water partition coefficient (Wildman–Crippen LogP) is 2.78. The number of hydrogen-bond acceptors (Lipinski definition) is 3. The SMILES string of the molecule is CCN(CC)C(=O)c1ccc(CNC(=O)[C@@H](N)Cc2ccccc2)cc1.Cl. The molecule has 1 atom stereocenters. The lowest BCUT2D eigenvalue weighted by Gasteiger charge is -2.18. The number of nitrogens with zero attached hydrogens (tertiary/aromatic N) is 1. The van der Waals surface area contributed by atoms with Crippen LogP contribution in [0.15, 0.2) is 54.6 Å². The van der Waals surface area contributed by atoms with E-state index in [1.807, 2.05) is 56.3 Å². The molecule has 0 bridgehead atoms. The third-order valence-corrected chi connectivity index (χ3v) is 4.35. The van der Waals surface area contributed by atoms with Gasteiger partial charge >= 0.3 is 0 Å². The average molecular weight is 390 g/mol. The Hall–Kier alpha value is -2.37. The van der Waals surface area contributed by atoms with Gasteiger partial charge < -0.3 is 16.0 Å². The molecule has 146 valence electrons. The number of nitrogens with one attached hydrogen (secondary N) is 1. The quantitative estimate of drug-likeness (QED) is 0.728. The second kappa shape index (κ2) is 11.4. The second-order valence-corrected chi connectivity index (χ2v) is 6.19. The molecule has 5 nitrogen and oxygen atoms in total. The van der Waals surface area contributed by atoms with Crippen LogP contribution >= 0.6 is 12.4 Å². The van der Waals surface area contributed by atoms with E-state index < -0.39 is 6.04 Å². The highest BCUT2D eigenvalue weighted by molar-refractivity contribution is 5.94. The van der Waals surface area contributed by atoms with Crippen molar-refractivity contribution in [1.29, 1.82) is 0 Å². The number of nitrogens with two attached hydrogens (primary N) is 1. The van der Waals surface area contributed by atoms with Crippen molar-refractivity contribution in [3.8, 4) is 0 Å². The summed E-state index contributed by atoms with van der Waals surface area (Å²) in [6, 6.07) is 16.4. The molecule has 0 aromatic heterocycles. The molecule has 0 spiro atoms. The normalized spacial score (nSPS) is 11.2. The van der Waals surface area contributed by atoms with E-state index in [1.165, 1.54) is 0 Å². The van der Waals surface area contributed by atoms with E-state index in [4.69, 9.17) is 5.73 Å². The molecule has 2 rings (SSSR count). The zero-order chi connectivity index (χ0) is 18.9. The lowest BCUT2D eigenvalue weighted by atomic mass is 10.1. The standard InChI is InChI=1S/C21H27N3O2.ClH/c1-3-24(4-2)21(26)18-12-10-17(11-13-18)15-23-20(25)19(22)14-16-8-6-5-7-9-16;/h5-13,19H,3-4,14-15,22H2,1-2H3,(H,23,25);1H/t19-;/m0./s1. The smallest absolute Gasteiger partial charge is 0.253 e. The molecule has 0 heterocycles. The summed E-state index contributed by atoms with van der Waals surface area (Å²) in [4.78, 5) is 26.2. The summed E-state index contributed by atoms with van der Waals surface area (Å²) in [5.74, 6) is -0.160. The van der Waals surface area contributed by atoms with Crippen molar-refractivity contribution >= 4 is 24.2 Å². The number of rotatable bonds is 8. The second-order valence-electron chi connectivity index (χ2n) is 6.19. The maximum atomic E-state index is 12.3. The van der Waals surface area contributed by atoms with Crippen LogP contribution in [0.4, 0.5) is 0 Å². The maximum absolute atomic E-state index is 12.3.